The van der Waals surface area contributed by atoms with Crippen molar-refractivity contribution in [3.05, 3.63) is 83.6 Å². The van der Waals surface area contributed by atoms with E-state index < -0.39 is 0 Å². The monoisotopic (exact) mass is 478 g/mol. The van der Waals surface area contributed by atoms with E-state index in [2.05, 4.69) is 46.3 Å². The Bertz CT molecular complexity index is 1480. The molecule has 1 atom stereocenters. The Balaban J connectivity index is 1.53. The van der Waals surface area contributed by atoms with Crippen LogP contribution in [0.2, 0.25) is 0 Å². The average Bonchev–Trinajstić information content (AvgIpc) is 3.29. The summed E-state index contributed by atoms with van der Waals surface area (Å²) in [4.78, 5) is 24.4. The van der Waals surface area contributed by atoms with Crippen LogP contribution in [0.25, 0.3) is 16.8 Å². The normalized spacial score (nSPS) is 15.4. The number of carbonyl (C=O) groups excluding carboxylic acids is 1. The maximum atomic E-state index is 12.8. The fourth-order valence-corrected chi connectivity index (χ4v) is 4.98. The molecule has 0 N–H and O–H groups in total. The third kappa shape index (κ3) is 4.70. The van der Waals surface area contributed by atoms with Crippen LogP contribution in [-0.4, -0.2) is 31.7 Å². The van der Waals surface area contributed by atoms with E-state index in [-0.39, 0.29) is 11.9 Å². The topological polar surface area (TPSA) is 59.7 Å². The highest BCUT2D eigenvalue weighted by atomic mass is 16.5. The van der Waals surface area contributed by atoms with Crippen molar-refractivity contribution in [1.82, 2.24) is 19.3 Å². The summed E-state index contributed by atoms with van der Waals surface area (Å²) in [5.74, 6) is 6.97. The second kappa shape index (κ2) is 10.2. The van der Waals surface area contributed by atoms with Crippen LogP contribution in [0.3, 0.4) is 0 Å². The van der Waals surface area contributed by atoms with E-state index in [4.69, 9.17) is 9.72 Å². The number of aryl methyl sites for hydroxylation is 2. The highest BCUT2D eigenvalue weighted by Crippen LogP contribution is 2.36. The van der Waals surface area contributed by atoms with Crippen LogP contribution >= 0.6 is 0 Å². The SMILES string of the molecule is CC#CC(=O)N1CCCC[C@H]1c1nc(-c2cccc(OCc3cccc(C)c3)c2)c2c(C)nccn12. The largest absolute Gasteiger partial charge is 0.489 e. The number of ether oxygens (including phenoxy) is 1. The highest BCUT2D eigenvalue weighted by Gasteiger charge is 2.31. The lowest BCUT2D eigenvalue weighted by molar-refractivity contribution is -0.129. The molecule has 2 aromatic carbocycles. The molecule has 3 heterocycles. The highest BCUT2D eigenvalue weighted by molar-refractivity contribution is 5.93. The predicted molar refractivity (Wildman–Crippen MR) is 140 cm³/mol. The zero-order chi connectivity index (χ0) is 25.1. The lowest BCUT2D eigenvalue weighted by Crippen LogP contribution is -2.38. The zero-order valence-electron chi connectivity index (χ0n) is 21.0. The molecule has 1 amide bonds. The van der Waals surface area contributed by atoms with Crippen molar-refractivity contribution in [3.63, 3.8) is 0 Å². The van der Waals surface area contributed by atoms with Gasteiger partial charge in [0.15, 0.2) is 0 Å². The minimum Gasteiger partial charge on any atom is -0.489 e. The van der Waals surface area contributed by atoms with E-state index in [9.17, 15) is 4.79 Å². The Kier molecular flexibility index (Phi) is 6.73. The summed E-state index contributed by atoms with van der Waals surface area (Å²) < 4.78 is 8.22. The second-order valence-electron chi connectivity index (χ2n) is 9.24. The third-order valence-electron chi connectivity index (χ3n) is 6.65. The molecule has 182 valence electrons. The minimum atomic E-state index is -0.141. The quantitative estimate of drug-likeness (QED) is 0.347. The summed E-state index contributed by atoms with van der Waals surface area (Å²) in [6, 6.07) is 16.2. The van der Waals surface area contributed by atoms with Gasteiger partial charge in [-0.15, -0.1) is 0 Å². The van der Waals surface area contributed by atoms with Gasteiger partial charge in [0.2, 0.25) is 0 Å². The molecule has 0 saturated carbocycles. The van der Waals surface area contributed by atoms with Crippen LogP contribution in [-0.2, 0) is 11.4 Å². The summed E-state index contributed by atoms with van der Waals surface area (Å²) in [6.45, 7) is 6.96. The van der Waals surface area contributed by atoms with Gasteiger partial charge in [0.1, 0.15) is 18.2 Å². The first-order chi connectivity index (χ1) is 17.5. The fourth-order valence-electron chi connectivity index (χ4n) is 4.98. The lowest BCUT2D eigenvalue weighted by atomic mass is 10.0. The molecule has 0 unspecified atom stereocenters. The molecular weight excluding hydrogens is 448 g/mol. The maximum absolute atomic E-state index is 12.8. The van der Waals surface area contributed by atoms with E-state index in [1.165, 1.54) is 5.56 Å². The fraction of sp³-hybridized carbons (Fsp3) is 0.300. The first kappa shape index (κ1) is 23.6. The number of aromatic nitrogens is 3. The molecule has 1 fully saturated rings. The predicted octanol–water partition coefficient (Wildman–Crippen LogP) is 5.67. The van der Waals surface area contributed by atoms with Crippen molar-refractivity contribution in [2.24, 2.45) is 0 Å². The first-order valence-corrected chi connectivity index (χ1v) is 12.4. The molecule has 1 aliphatic rings. The summed E-state index contributed by atoms with van der Waals surface area (Å²) in [6.07, 6.45) is 6.61. The Labute approximate surface area is 212 Å². The van der Waals surface area contributed by atoms with Gasteiger partial charge in [-0.1, -0.05) is 47.9 Å². The Hall–Kier alpha value is -4.11. The van der Waals surface area contributed by atoms with E-state index in [0.717, 1.165) is 58.9 Å². The summed E-state index contributed by atoms with van der Waals surface area (Å²) in [7, 11) is 0. The van der Waals surface area contributed by atoms with Crippen molar-refractivity contribution in [2.45, 2.75) is 52.7 Å². The van der Waals surface area contributed by atoms with E-state index >= 15 is 0 Å². The van der Waals surface area contributed by atoms with Gasteiger partial charge in [-0.2, -0.15) is 0 Å². The Morgan fingerprint density at radius 2 is 2.00 bits per heavy atom. The summed E-state index contributed by atoms with van der Waals surface area (Å²) in [5.41, 5.74) is 5.98. The Morgan fingerprint density at radius 3 is 2.83 bits per heavy atom. The van der Waals surface area contributed by atoms with E-state index in [1.54, 1.807) is 13.1 Å². The molecule has 6 nitrogen and oxygen atoms in total. The van der Waals surface area contributed by atoms with Gasteiger partial charge in [0.05, 0.1) is 22.9 Å². The van der Waals surface area contributed by atoms with Crippen molar-refractivity contribution in [2.75, 3.05) is 6.54 Å². The van der Waals surface area contributed by atoms with Crippen LogP contribution in [0.5, 0.6) is 5.75 Å². The third-order valence-corrected chi connectivity index (χ3v) is 6.65. The molecule has 1 saturated heterocycles. The number of carbonyl (C=O) groups is 1. The summed E-state index contributed by atoms with van der Waals surface area (Å²) in [5, 5.41) is 0. The molecule has 5 rings (SSSR count). The van der Waals surface area contributed by atoms with Crippen molar-refractivity contribution in [1.29, 1.82) is 0 Å². The molecule has 0 aliphatic carbocycles. The molecule has 1 aliphatic heterocycles. The number of piperidine rings is 1. The van der Waals surface area contributed by atoms with E-state index in [1.807, 2.05) is 48.4 Å². The van der Waals surface area contributed by atoms with Crippen LogP contribution in [0, 0.1) is 25.7 Å². The van der Waals surface area contributed by atoms with Gasteiger partial charge >= 0.3 is 0 Å². The minimum absolute atomic E-state index is 0.129. The van der Waals surface area contributed by atoms with Gasteiger partial charge < -0.3 is 9.64 Å². The van der Waals surface area contributed by atoms with Gasteiger partial charge in [0, 0.05) is 24.5 Å². The van der Waals surface area contributed by atoms with Crippen molar-refractivity contribution < 1.29 is 9.53 Å². The molecule has 36 heavy (non-hydrogen) atoms. The molecule has 0 radical (unpaired) electrons. The van der Waals surface area contributed by atoms with Crippen LogP contribution in [0.4, 0.5) is 0 Å². The number of imidazole rings is 1. The number of hydrogen-bond acceptors (Lipinski definition) is 4. The molecule has 4 aromatic rings. The zero-order valence-corrected chi connectivity index (χ0v) is 21.0. The smallest absolute Gasteiger partial charge is 0.299 e. The van der Waals surface area contributed by atoms with Gasteiger partial charge in [0.25, 0.3) is 5.91 Å². The summed E-state index contributed by atoms with van der Waals surface area (Å²) >= 11 is 0. The molecular formula is C30H30N4O2. The maximum Gasteiger partial charge on any atom is 0.299 e. The number of rotatable bonds is 5. The number of amides is 1. The number of likely N-dealkylation sites (tertiary alicyclic amines) is 1. The second-order valence-corrected chi connectivity index (χ2v) is 9.24. The van der Waals surface area contributed by atoms with Crippen LogP contribution < -0.4 is 4.74 Å². The molecule has 2 aromatic heterocycles. The molecule has 6 heteroatoms. The van der Waals surface area contributed by atoms with Crippen LogP contribution in [0.15, 0.2) is 60.9 Å². The number of benzene rings is 2. The Morgan fingerprint density at radius 1 is 1.14 bits per heavy atom. The van der Waals surface area contributed by atoms with Crippen molar-refractivity contribution in [3.8, 4) is 28.8 Å². The number of hydrogen-bond donors (Lipinski definition) is 0. The molecule has 0 bridgehead atoms. The van der Waals surface area contributed by atoms with Gasteiger partial charge in [-0.05, 0) is 63.7 Å². The van der Waals surface area contributed by atoms with E-state index in [0.29, 0.717) is 13.2 Å². The standard InChI is InChI=1S/C30H30N4O2/c1-4-9-27(35)33-16-6-5-14-26(33)30-32-28(29-22(3)31-15-17-34(29)30)24-12-8-13-25(19-24)36-20-23-11-7-10-21(2)18-23/h7-8,10-13,15,17-19,26H,5-6,14,16,20H2,1-3H3/t26-/m0/s1. The first-order valence-electron chi connectivity index (χ1n) is 12.4. The lowest BCUT2D eigenvalue weighted by Gasteiger charge is -2.33. The number of nitrogens with zero attached hydrogens (tertiary/aromatic N) is 4. The number of fused-ring (bicyclic) bond motifs is 1. The van der Waals surface area contributed by atoms with Crippen molar-refractivity contribution >= 4 is 11.4 Å². The molecule has 0 spiro atoms. The average molecular weight is 479 g/mol. The van der Waals surface area contributed by atoms with Gasteiger partial charge in [-0.25, -0.2) is 4.98 Å². The van der Waals surface area contributed by atoms with Gasteiger partial charge in [-0.3, -0.25) is 14.2 Å². The van der Waals surface area contributed by atoms with Crippen LogP contribution in [0.1, 0.15) is 54.9 Å².